The molecule has 1 N–H and O–H groups in total. The van der Waals surface area contributed by atoms with Gasteiger partial charge < -0.3 is 9.87 Å². The Balaban J connectivity index is 0.00000225. The number of unbranched alkanes of at least 4 members (excludes halogenated alkanes) is 1. The molecule has 1 heterocycles. The Kier molecular flexibility index (Phi) is 9.87. The molecule has 1 rings (SSSR count). The van der Waals surface area contributed by atoms with Crippen LogP contribution in [-0.2, 0) is 16.7 Å². The first-order valence-electron chi connectivity index (χ1n) is 4.73. The molecule has 0 aliphatic rings. The predicted molar refractivity (Wildman–Crippen MR) is 59.8 cm³/mol. The molecule has 0 spiro atoms. The second-order valence-corrected chi connectivity index (χ2v) is 5.58. The van der Waals surface area contributed by atoms with Crippen LogP contribution in [0.2, 0.25) is 0 Å². The van der Waals surface area contributed by atoms with Crippen molar-refractivity contribution in [1.82, 2.24) is 5.32 Å². The van der Waals surface area contributed by atoms with E-state index in [0.717, 1.165) is 13.1 Å². The van der Waals surface area contributed by atoms with E-state index < -0.39 is 10.1 Å². The summed E-state index contributed by atoms with van der Waals surface area (Å²) in [6.07, 6.45) is 1.15. The summed E-state index contributed by atoms with van der Waals surface area (Å²) in [5.41, 5.74) is 1.23. The fraction of sp³-hybridized carbons (Fsp3) is 0.556. The van der Waals surface area contributed by atoms with Crippen LogP contribution in [0.4, 0.5) is 0 Å². The SMILES string of the molecule is O=S(=O)([O-])CCCCNCc1ccsc1.[K+]. The summed E-state index contributed by atoms with van der Waals surface area (Å²) < 4.78 is 30.8. The zero-order valence-corrected chi connectivity index (χ0v) is 14.1. The Bertz CT molecular complexity index is 364. The molecule has 0 saturated heterocycles. The van der Waals surface area contributed by atoms with Crippen molar-refractivity contribution >= 4 is 21.5 Å². The van der Waals surface area contributed by atoms with Gasteiger partial charge in [0, 0.05) is 12.3 Å². The van der Waals surface area contributed by atoms with Crippen LogP contribution in [0, 0.1) is 0 Å². The van der Waals surface area contributed by atoms with Crippen molar-refractivity contribution < 1.29 is 64.4 Å². The third kappa shape index (κ3) is 9.26. The molecule has 0 aliphatic carbocycles. The van der Waals surface area contributed by atoms with Gasteiger partial charge >= 0.3 is 51.4 Å². The van der Waals surface area contributed by atoms with Crippen molar-refractivity contribution in [3.8, 4) is 0 Å². The summed E-state index contributed by atoms with van der Waals surface area (Å²) in [6.45, 7) is 1.54. The molecule has 7 heteroatoms. The molecule has 0 radical (unpaired) electrons. The maximum atomic E-state index is 10.3. The maximum absolute atomic E-state index is 10.3. The van der Waals surface area contributed by atoms with Crippen LogP contribution >= 0.6 is 11.3 Å². The van der Waals surface area contributed by atoms with Gasteiger partial charge in [0.05, 0.1) is 10.1 Å². The minimum Gasteiger partial charge on any atom is -0.748 e. The molecular formula is C9H14KNO3S2. The summed E-state index contributed by atoms with van der Waals surface area (Å²) in [5.74, 6) is -0.257. The Labute approximate surface area is 143 Å². The normalized spacial score (nSPS) is 11.1. The van der Waals surface area contributed by atoms with E-state index in [-0.39, 0.29) is 57.1 Å². The average molecular weight is 287 g/mol. The molecule has 0 bridgehead atoms. The van der Waals surface area contributed by atoms with E-state index in [2.05, 4.69) is 10.7 Å². The quantitative estimate of drug-likeness (QED) is 0.364. The van der Waals surface area contributed by atoms with Gasteiger partial charge in [-0.3, -0.25) is 0 Å². The number of hydrogen-bond acceptors (Lipinski definition) is 5. The van der Waals surface area contributed by atoms with Crippen LogP contribution in [0.3, 0.4) is 0 Å². The molecule has 0 atom stereocenters. The summed E-state index contributed by atoms with van der Waals surface area (Å²) in [4.78, 5) is 0. The monoisotopic (exact) mass is 287 g/mol. The third-order valence-electron chi connectivity index (χ3n) is 1.91. The van der Waals surface area contributed by atoms with E-state index in [1.165, 1.54) is 5.56 Å². The topological polar surface area (TPSA) is 69.2 Å². The Hall–Kier alpha value is 1.21. The van der Waals surface area contributed by atoms with Crippen LogP contribution in [0.1, 0.15) is 18.4 Å². The van der Waals surface area contributed by atoms with E-state index in [1.807, 2.05) is 11.4 Å². The molecule has 16 heavy (non-hydrogen) atoms. The molecule has 0 unspecified atom stereocenters. The molecule has 0 aromatic carbocycles. The minimum atomic E-state index is -4.03. The summed E-state index contributed by atoms with van der Waals surface area (Å²) in [7, 11) is -4.03. The van der Waals surface area contributed by atoms with Gasteiger partial charge in [-0.1, -0.05) is 0 Å². The van der Waals surface area contributed by atoms with E-state index >= 15 is 0 Å². The van der Waals surface area contributed by atoms with Crippen molar-refractivity contribution in [2.24, 2.45) is 0 Å². The fourth-order valence-electron chi connectivity index (χ4n) is 1.15. The molecule has 0 saturated carbocycles. The maximum Gasteiger partial charge on any atom is 1.00 e. The van der Waals surface area contributed by atoms with Crippen molar-refractivity contribution in [3.63, 3.8) is 0 Å². The molecule has 1 aromatic heterocycles. The Morgan fingerprint density at radius 3 is 2.69 bits per heavy atom. The average Bonchev–Trinajstić information content (AvgIpc) is 2.61. The fourth-order valence-corrected chi connectivity index (χ4v) is 2.38. The van der Waals surface area contributed by atoms with Crippen LogP contribution in [-0.4, -0.2) is 25.3 Å². The van der Waals surface area contributed by atoms with E-state index in [1.54, 1.807) is 11.3 Å². The summed E-state index contributed by atoms with van der Waals surface area (Å²) in [6, 6.07) is 2.04. The number of nitrogens with one attached hydrogen (secondary N) is 1. The van der Waals surface area contributed by atoms with E-state index in [0.29, 0.717) is 12.8 Å². The van der Waals surface area contributed by atoms with E-state index in [9.17, 15) is 13.0 Å². The molecule has 0 aliphatic heterocycles. The Morgan fingerprint density at radius 2 is 2.12 bits per heavy atom. The van der Waals surface area contributed by atoms with Crippen LogP contribution in [0.25, 0.3) is 0 Å². The van der Waals surface area contributed by atoms with Gasteiger partial charge in [-0.15, -0.1) is 0 Å². The van der Waals surface area contributed by atoms with Crippen LogP contribution in [0.15, 0.2) is 16.8 Å². The molecule has 86 valence electrons. The number of thiophene rings is 1. The first-order chi connectivity index (χ1) is 7.08. The molecule has 0 amide bonds. The number of rotatable bonds is 7. The predicted octanol–water partition coefficient (Wildman–Crippen LogP) is -1.83. The van der Waals surface area contributed by atoms with Crippen molar-refractivity contribution in [2.75, 3.05) is 12.3 Å². The minimum absolute atomic E-state index is 0. The first kappa shape index (κ1) is 17.2. The smallest absolute Gasteiger partial charge is 0.748 e. The van der Waals surface area contributed by atoms with Crippen molar-refractivity contribution in [3.05, 3.63) is 22.4 Å². The van der Waals surface area contributed by atoms with Crippen molar-refractivity contribution in [2.45, 2.75) is 19.4 Å². The van der Waals surface area contributed by atoms with Gasteiger partial charge in [0.1, 0.15) is 0 Å². The first-order valence-corrected chi connectivity index (χ1v) is 7.25. The largest absolute Gasteiger partial charge is 1.00 e. The van der Waals surface area contributed by atoms with Gasteiger partial charge in [-0.2, -0.15) is 11.3 Å². The standard InChI is InChI=1S/C9H15NO3S2.K/c11-15(12,13)6-2-1-4-10-7-9-3-5-14-8-9;/h3,5,8,10H,1-2,4,6-7H2,(H,11,12,13);/q;+1/p-1. The van der Waals surface area contributed by atoms with Crippen LogP contribution < -0.4 is 56.7 Å². The van der Waals surface area contributed by atoms with Crippen molar-refractivity contribution in [1.29, 1.82) is 0 Å². The third-order valence-corrected chi connectivity index (χ3v) is 3.43. The van der Waals surface area contributed by atoms with Crippen LogP contribution in [0.5, 0.6) is 0 Å². The molecule has 1 aromatic rings. The summed E-state index contributed by atoms with van der Waals surface area (Å²) >= 11 is 1.65. The second kappa shape index (κ2) is 9.18. The van der Waals surface area contributed by atoms with Gasteiger partial charge in [-0.25, -0.2) is 8.42 Å². The second-order valence-electron chi connectivity index (χ2n) is 3.28. The molecular weight excluding hydrogens is 273 g/mol. The zero-order valence-electron chi connectivity index (χ0n) is 9.31. The van der Waals surface area contributed by atoms with Gasteiger partial charge in [0.25, 0.3) is 0 Å². The molecule has 0 fully saturated rings. The van der Waals surface area contributed by atoms with Gasteiger partial charge in [0.2, 0.25) is 0 Å². The molecule has 4 nitrogen and oxygen atoms in total. The summed E-state index contributed by atoms with van der Waals surface area (Å²) in [5, 5.41) is 7.26. The Morgan fingerprint density at radius 1 is 1.38 bits per heavy atom. The van der Waals surface area contributed by atoms with Gasteiger partial charge in [0.15, 0.2) is 0 Å². The number of hydrogen-bond donors (Lipinski definition) is 1. The van der Waals surface area contributed by atoms with Gasteiger partial charge in [-0.05, 0) is 41.8 Å². The zero-order chi connectivity index (χ0) is 11.1. The van der Waals surface area contributed by atoms with E-state index in [4.69, 9.17) is 0 Å².